The van der Waals surface area contributed by atoms with Crippen molar-refractivity contribution in [3.8, 4) is 0 Å². The van der Waals surface area contributed by atoms with Crippen LogP contribution in [0.3, 0.4) is 0 Å². The highest BCUT2D eigenvalue weighted by Gasteiger charge is 2.02. The molecule has 7 nitrogen and oxygen atoms in total. The number of benzene rings is 2. The summed E-state index contributed by atoms with van der Waals surface area (Å²) in [6.07, 6.45) is 3.56. The van der Waals surface area contributed by atoms with E-state index >= 15 is 0 Å². The van der Waals surface area contributed by atoms with Gasteiger partial charge in [0.25, 0.3) is 5.56 Å². The predicted octanol–water partition coefficient (Wildman–Crippen LogP) is -0.766. The summed E-state index contributed by atoms with van der Waals surface area (Å²) in [6.45, 7) is 0. The molecule has 0 spiro atoms. The molecule has 0 aliphatic heterocycles. The molecule has 8 heteroatoms. The zero-order chi connectivity index (χ0) is 17.6. The maximum absolute atomic E-state index is 11.8. The van der Waals surface area contributed by atoms with Gasteiger partial charge in [-0.25, -0.2) is 0 Å². The monoisotopic (exact) mass is 349 g/mol. The molecule has 1 N–H and O–H groups in total. The van der Waals surface area contributed by atoms with Crippen LogP contribution >= 0.6 is 0 Å². The Morgan fingerprint density at radius 1 is 0.958 bits per heavy atom. The van der Waals surface area contributed by atoms with Crippen molar-refractivity contribution in [2.24, 2.45) is 0 Å². The van der Waals surface area contributed by atoms with Gasteiger partial charge in [0, 0.05) is 6.08 Å². The minimum absolute atomic E-state index is 0.269. The Hall–Kier alpha value is -2.55. The summed E-state index contributed by atoms with van der Waals surface area (Å²) >= 11 is 0. The van der Waals surface area contributed by atoms with Crippen molar-refractivity contribution in [1.82, 2.24) is 4.98 Å². The Kier molecular flexibility index (Phi) is 5.80. The van der Waals surface area contributed by atoms with Gasteiger partial charge >= 0.3 is 0 Å². The third-order valence-corrected chi connectivity index (χ3v) is 2.76. The molecule has 0 atom stereocenters. The molecule has 3 aromatic rings. The lowest BCUT2D eigenvalue weighted by Crippen LogP contribution is -2.58. The van der Waals surface area contributed by atoms with E-state index in [1.807, 2.05) is 42.5 Å². The highest BCUT2D eigenvalue weighted by molar-refractivity contribution is 5.76. The lowest BCUT2D eigenvalue weighted by molar-refractivity contribution is -1.92. The molecule has 124 valence electrons. The molecule has 0 bridgehead atoms. The Morgan fingerprint density at radius 2 is 1.54 bits per heavy atom. The topological polar surface area (TPSA) is 133 Å². The molecular formula is C16H12ClNO6. The molecule has 0 amide bonds. The zero-order valence-corrected chi connectivity index (χ0v) is 12.9. The summed E-state index contributed by atoms with van der Waals surface area (Å²) in [6, 6.07) is 16.9. The molecule has 1 heterocycles. The maximum atomic E-state index is 11.8. The zero-order valence-electron chi connectivity index (χ0n) is 12.2. The van der Waals surface area contributed by atoms with Crippen LogP contribution in [0.4, 0.5) is 0 Å². The fourth-order valence-electron chi connectivity index (χ4n) is 1.83. The molecule has 3 rings (SSSR count). The van der Waals surface area contributed by atoms with Gasteiger partial charge in [-0.05, 0) is 23.8 Å². The number of halogens is 1. The van der Waals surface area contributed by atoms with Crippen LogP contribution in [-0.4, -0.2) is 9.64 Å². The van der Waals surface area contributed by atoms with Crippen molar-refractivity contribution in [1.29, 1.82) is 0 Å². The summed E-state index contributed by atoms with van der Waals surface area (Å²) in [4.78, 5) is 15.7. The summed E-state index contributed by atoms with van der Waals surface area (Å²) in [5.41, 5.74) is 1.31. The summed E-state index contributed by atoms with van der Waals surface area (Å²) in [5.74, 6) is 0.313. The van der Waals surface area contributed by atoms with E-state index in [0.717, 1.165) is 5.56 Å². The standard InChI is InChI=1S/C16H11NO2.ClHO4/c18-16-13-8-4-5-9-14(13)19-15(17-16)11-10-12-6-2-1-3-7-12;2-1(3,4)5/h1-11H;(H,2,3,4,5). The summed E-state index contributed by atoms with van der Waals surface area (Å²) in [5, 5.41) is 0.499. The molecule has 0 aliphatic carbocycles. The fraction of sp³-hybridized carbons (Fsp3) is 0. The maximum Gasteiger partial charge on any atom is 0.284 e. The number of nitrogens with zero attached hydrogens (tertiary/aromatic N) is 1. The average Bonchev–Trinajstić information content (AvgIpc) is 2.52. The minimum atomic E-state index is -4.69. The predicted molar refractivity (Wildman–Crippen MR) is 77.9 cm³/mol. The summed E-state index contributed by atoms with van der Waals surface area (Å²) in [7, 11) is -4.69. The van der Waals surface area contributed by atoms with Gasteiger partial charge in [0.1, 0.15) is 5.58 Å². The normalized spacial score (nSPS) is 11.3. The molecule has 0 aliphatic rings. The van der Waals surface area contributed by atoms with Gasteiger partial charge in [0.15, 0.2) is 0 Å². The highest BCUT2D eigenvalue weighted by Crippen LogP contribution is 2.12. The molecule has 0 fully saturated rings. The Labute approximate surface area is 138 Å². The lowest BCUT2D eigenvalue weighted by Gasteiger charge is -2.03. The van der Waals surface area contributed by atoms with Gasteiger partial charge in [0.05, 0.1) is 20.3 Å². The number of hydrogen-bond donors (Lipinski definition) is 1. The third-order valence-electron chi connectivity index (χ3n) is 2.76. The van der Waals surface area contributed by atoms with Gasteiger partial charge in [-0.3, -0.25) is 4.79 Å². The first-order valence-electron chi connectivity index (χ1n) is 6.59. The van der Waals surface area contributed by atoms with E-state index in [1.165, 1.54) is 0 Å². The van der Waals surface area contributed by atoms with Crippen LogP contribution in [-0.2, 0) is 0 Å². The van der Waals surface area contributed by atoms with Crippen LogP contribution in [0.15, 0.2) is 63.8 Å². The molecule has 0 unspecified atom stereocenters. The molecule has 24 heavy (non-hydrogen) atoms. The van der Waals surface area contributed by atoms with Crippen molar-refractivity contribution in [2.75, 3.05) is 0 Å². The Bertz CT molecular complexity index is 880. The SMILES string of the molecule is O=c1nc(C=Cc2ccccc2)oc2ccccc12.[O-][Cl+3]([O-])([O-])O. The first-order valence-corrected chi connectivity index (χ1v) is 7.85. The van der Waals surface area contributed by atoms with Crippen molar-refractivity contribution < 1.29 is 33.3 Å². The second kappa shape index (κ2) is 7.82. The number of fused-ring (bicyclic) bond motifs is 1. The van der Waals surface area contributed by atoms with Crippen LogP contribution in [0.2, 0.25) is 0 Å². The number of rotatable bonds is 2. The van der Waals surface area contributed by atoms with Gasteiger partial charge in [-0.1, -0.05) is 42.5 Å². The van der Waals surface area contributed by atoms with E-state index in [9.17, 15) is 4.79 Å². The van der Waals surface area contributed by atoms with E-state index < -0.39 is 10.2 Å². The second-order valence-corrected chi connectivity index (χ2v) is 5.29. The number of hydrogen-bond acceptors (Lipinski definition) is 7. The van der Waals surface area contributed by atoms with Crippen LogP contribution in [0.1, 0.15) is 11.5 Å². The minimum Gasteiger partial charge on any atom is -0.438 e. The molecule has 1 aromatic heterocycles. The molecule has 0 radical (unpaired) electrons. The van der Waals surface area contributed by atoms with Crippen LogP contribution in [0.5, 0.6) is 0 Å². The van der Waals surface area contributed by atoms with Gasteiger partial charge in [0.2, 0.25) is 5.89 Å². The van der Waals surface area contributed by atoms with E-state index in [-0.39, 0.29) is 5.56 Å². The van der Waals surface area contributed by atoms with Crippen molar-refractivity contribution in [2.45, 2.75) is 0 Å². The molecule has 2 aromatic carbocycles. The van der Waals surface area contributed by atoms with E-state index in [4.69, 9.17) is 23.1 Å². The Balaban J connectivity index is 0.000000368. The van der Waals surface area contributed by atoms with Crippen LogP contribution < -0.4 is 19.5 Å². The van der Waals surface area contributed by atoms with E-state index in [2.05, 4.69) is 4.98 Å². The van der Waals surface area contributed by atoms with Crippen LogP contribution in [0, 0.1) is 10.2 Å². The van der Waals surface area contributed by atoms with Crippen molar-refractivity contribution in [3.63, 3.8) is 0 Å². The number of aromatic nitrogens is 1. The molecule has 0 saturated carbocycles. The largest absolute Gasteiger partial charge is 0.438 e. The van der Waals surface area contributed by atoms with Gasteiger partial charge in [-0.2, -0.15) is 19.0 Å². The van der Waals surface area contributed by atoms with Gasteiger partial charge in [-0.15, -0.1) is 0 Å². The first-order chi connectivity index (χ1) is 11.3. The quantitative estimate of drug-likeness (QED) is 0.642. The Morgan fingerprint density at radius 3 is 2.21 bits per heavy atom. The first kappa shape index (κ1) is 17.8. The molecular weight excluding hydrogens is 338 g/mol. The van der Waals surface area contributed by atoms with Crippen LogP contribution in [0.25, 0.3) is 23.1 Å². The number of para-hydroxylation sites is 1. The molecule has 0 saturated heterocycles. The van der Waals surface area contributed by atoms with E-state index in [1.54, 1.807) is 24.3 Å². The van der Waals surface area contributed by atoms with Gasteiger partial charge < -0.3 is 4.42 Å². The third kappa shape index (κ3) is 5.92. The lowest BCUT2D eigenvalue weighted by atomic mass is 10.2. The van der Waals surface area contributed by atoms with Crippen molar-refractivity contribution in [3.05, 3.63) is 76.4 Å². The summed E-state index contributed by atoms with van der Waals surface area (Å²) < 4.78 is 38.3. The highest BCUT2D eigenvalue weighted by atomic mass is 35.7. The fourth-order valence-corrected chi connectivity index (χ4v) is 1.83. The van der Waals surface area contributed by atoms with E-state index in [0.29, 0.717) is 16.9 Å². The average molecular weight is 350 g/mol. The van der Waals surface area contributed by atoms with Crippen molar-refractivity contribution >= 4 is 23.1 Å². The second-order valence-electron chi connectivity index (χ2n) is 4.49. The smallest absolute Gasteiger partial charge is 0.284 e.